The first-order valence-electron chi connectivity index (χ1n) is 15.1. The minimum absolute atomic E-state index is 0.0106. The molecule has 0 bridgehead atoms. The number of aromatic nitrogens is 1. The summed E-state index contributed by atoms with van der Waals surface area (Å²) in [6, 6.07) is 8.48. The van der Waals surface area contributed by atoms with E-state index in [1.54, 1.807) is 14.1 Å². The third kappa shape index (κ3) is 8.28. The Kier molecular flexibility index (Phi) is 11.0. The van der Waals surface area contributed by atoms with Gasteiger partial charge in [-0.15, -0.1) is 0 Å². The van der Waals surface area contributed by atoms with Crippen LogP contribution >= 0.6 is 23.2 Å². The van der Waals surface area contributed by atoms with Crippen LogP contribution in [0.2, 0.25) is 10.0 Å². The Morgan fingerprint density at radius 1 is 1.06 bits per heavy atom. The number of nitrogens with zero attached hydrogens (tertiary/aromatic N) is 3. The molecule has 2 heterocycles. The van der Waals surface area contributed by atoms with Crippen LogP contribution in [0.4, 0.5) is 8.78 Å². The summed E-state index contributed by atoms with van der Waals surface area (Å²) in [6.07, 6.45) is 3.50. The summed E-state index contributed by atoms with van der Waals surface area (Å²) >= 11 is 12.8. The molecule has 5 rings (SSSR count). The van der Waals surface area contributed by atoms with E-state index >= 15 is 0 Å². The number of carbonyl (C=O) groups is 2. The highest BCUT2D eigenvalue weighted by atomic mass is 35.5. The summed E-state index contributed by atoms with van der Waals surface area (Å²) in [4.78, 5) is 27.5. The fourth-order valence-corrected chi connectivity index (χ4v) is 7.64. The van der Waals surface area contributed by atoms with Crippen molar-refractivity contribution in [2.45, 2.75) is 55.8 Å². The van der Waals surface area contributed by atoms with Gasteiger partial charge in [0.2, 0.25) is 22.4 Å². The Morgan fingerprint density at radius 2 is 1.77 bits per heavy atom. The first kappa shape index (κ1) is 35.6. The average Bonchev–Trinajstić information content (AvgIpc) is 3.72. The standard InChI is InChI=1S/C32H34Cl2F2N3O8S/c1-37(2)30(40)21-5-3-6-22(13-21)48(43,44)39-12-4-7-26(39)31(41)46-28(15-23-24(33)16-38(42)17-25(23)34)20-10-11-27(47-32(35)36)29(14-20)45-18-19-8-9-19/h3,5-6,10-11,13-14,16-17,19,26,28,32,42H,4,7-9,12,15,18H2,1-2H3/q+1/t26-,28-/m0/s1. The number of halogens is 4. The van der Waals surface area contributed by atoms with Crippen molar-refractivity contribution in [2.75, 3.05) is 27.2 Å². The van der Waals surface area contributed by atoms with E-state index < -0.39 is 34.7 Å². The van der Waals surface area contributed by atoms with Crippen molar-refractivity contribution in [3.05, 3.63) is 81.6 Å². The zero-order chi connectivity index (χ0) is 34.7. The molecule has 11 nitrogen and oxygen atoms in total. The number of hydrogen-bond donors (Lipinski definition) is 1. The maximum absolute atomic E-state index is 13.9. The molecule has 1 aliphatic carbocycles. The lowest BCUT2D eigenvalue weighted by Crippen LogP contribution is -2.42. The fraction of sp³-hybridized carbons (Fsp3) is 0.406. The van der Waals surface area contributed by atoms with Gasteiger partial charge in [-0.3, -0.25) is 14.8 Å². The first-order valence-corrected chi connectivity index (χ1v) is 17.3. The zero-order valence-electron chi connectivity index (χ0n) is 26.0. The Morgan fingerprint density at radius 3 is 2.42 bits per heavy atom. The summed E-state index contributed by atoms with van der Waals surface area (Å²) < 4.78 is 72.2. The monoisotopic (exact) mass is 728 g/mol. The lowest BCUT2D eigenvalue weighted by atomic mass is 10.0. The van der Waals surface area contributed by atoms with Crippen LogP contribution in [0.5, 0.6) is 11.5 Å². The molecule has 0 radical (unpaired) electrons. The molecule has 1 saturated heterocycles. The van der Waals surface area contributed by atoms with Crippen LogP contribution in [-0.4, -0.2) is 74.6 Å². The van der Waals surface area contributed by atoms with Gasteiger partial charge in [0.05, 0.1) is 11.5 Å². The van der Waals surface area contributed by atoms with E-state index in [9.17, 15) is 32.0 Å². The molecule has 2 aliphatic rings. The molecule has 1 aliphatic heterocycles. The van der Waals surface area contributed by atoms with Gasteiger partial charge in [0.25, 0.3) is 5.91 Å². The molecule has 0 unspecified atom stereocenters. The highest BCUT2D eigenvalue weighted by Gasteiger charge is 2.42. The summed E-state index contributed by atoms with van der Waals surface area (Å²) in [5, 5.41) is 9.96. The van der Waals surface area contributed by atoms with Crippen LogP contribution in [0.15, 0.2) is 59.8 Å². The van der Waals surface area contributed by atoms with E-state index in [0.717, 1.165) is 17.1 Å². The van der Waals surface area contributed by atoms with Crippen molar-refractivity contribution in [1.82, 2.24) is 9.21 Å². The molecule has 3 aromatic rings. The van der Waals surface area contributed by atoms with Gasteiger partial charge in [0, 0.05) is 42.9 Å². The van der Waals surface area contributed by atoms with Crippen molar-refractivity contribution in [2.24, 2.45) is 5.92 Å². The highest BCUT2D eigenvalue weighted by molar-refractivity contribution is 7.89. The van der Waals surface area contributed by atoms with Gasteiger partial charge in [-0.25, -0.2) is 8.42 Å². The van der Waals surface area contributed by atoms with Gasteiger partial charge in [0.1, 0.15) is 22.2 Å². The van der Waals surface area contributed by atoms with E-state index in [1.807, 2.05) is 0 Å². The molecule has 258 valence electrons. The van der Waals surface area contributed by atoms with Crippen LogP contribution in [-0.2, 0) is 26.0 Å². The van der Waals surface area contributed by atoms with Crippen molar-refractivity contribution < 1.29 is 50.9 Å². The largest absolute Gasteiger partial charge is 0.489 e. The fourth-order valence-electron chi connectivity index (χ4n) is 5.34. The number of carbonyl (C=O) groups excluding carboxylic acids is 2. The molecular weight excluding hydrogens is 695 g/mol. The van der Waals surface area contributed by atoms with E-state index in [-0.39, 0.29) is 69.8 Å². The Labute approximate surface area is 286 Å². The third-order valence-electron chi connectivity index (χ3n) is 8.01. The van der Waals surface area contributed by atoms with Gasteiger partial charge in [-0.05, 0) is 67.5 Å². The SMILES string of the molecule is CN(C)C(=O)c1cccc(S(=O)(=O)N2CCC[C@H]2C(=O)O[C@@H](Cc2c(Cl)c[n+](O)cc2Cl)c2ccc(OC(F)F)c(OCC3CC3)c2)c1. The van der Waals surface area contributed by atoms with Crippen LogP contribution in [0.3, 0.4) is 0 Å². The van der Waals surface area contributed by atoms with Crippen molar-refractivity contribution >= 4 is 45.1 Å². The summed E-state index contributed by atoms with van der Waals surface area (Å²) in [7, 11) is -1.15. The Bertz CT molecular complexity index is 1770. The summed E-state index contributed by atoms with van der Waals surface area (Å²) in [6.45, 7) is -2.81. The lowest BCUT2D eigenvalue weighted by Gasteiger charge is -2.26. The van der Waals surface area contributed by atoms with Crippen molar-refractivity contribution in [3.63, 3.8) is 0 Å². The molecule has 2 atom stereocenters. The van der Waals surface area contributed by atoms with Crippen LogP contribution in [0, 0.1) is 5.92 Å². The summed E-state index contributed by atoms with van der Waals surface area (Å²) in [5.74, 6) is -1.17. The van der Waals surface area contributed by atoms with Gasteiger partial charge in [-0.2, -0.15) is 13.1 Å². The predicted octanol–water partition coefficient (Wildman–Crippen LogP) is 5.29. The molecule has 2 aromatic carbocycles. The van der Waals surface area contributed by atoms with Gasteiger partial charge < -0.3 is 19.1 Å². The molecule has 1 saturated carbocycles. The predicted molar refractivity (Wildman–Crippen MR) is 169 cm³/mol. The number of hydrogen-bond acceptors (Lipinski definition) is 8. The number of ether oxygens (including phenoxy) is 3. The van der Waals surface area contributed by atoms with Crippen molar-refractivity contribution in [3.8, 4) is 11.5 Å². The highest BCUT2D eigenvalue weighted by Crippen LogP contribution is 2.38. The number of pyridine rings is 1. The topological polar surface area (TPSA) is 127 Å². The molecule has 1 aromatic heterocycles. The van der Waals surface area contributed by atoms with E-state index in [4.69, 9.17) is 32.7 Å². The molecule has 1 amide bonds. The first-order chi connectivity index (χ1) is 22.7. The third-order valence-corrected chi connectivity index (χ3v) is 10.6. The molecular formula is C32H34Cl2F2N3O8S+. The van der Waals surface area contributed by atoms with Gasteiger partial charge in [-0.1, -0.05) is 35.3 Å². The molecule has 16 heteroatoms. The normalized spacial score (nSPS) is 17.3. The zero-order valence-corrected chi connectivity index (χ0v) is 28.4. The quantitative estimate of drug-likeness (QED) is 0.143. The number of alkyl halides is 2. The number of sulfonamides is 1. The smallest absolute Gasteiger partial charge is 0.387 e. The van der Waals surface area contributed by atoms with Crippen LogP contribution < -0.4 is 14.2 Å². The maximum atomic E-state index is 13.9. The van der Waals surface area contributed by atoms with E-state index in [0.29, 0.717) is 22.3 Å². The Hall–Kier alpha value is -3.72. The second-order valence-electron chi connectivity index (χ2n) is 11.8. The Balaban J connectivity index is 1.47. The lowest BCUT2D eigenvalue weighted by molar-refractivity contribution is -0.904. The number of benzene rings is 2. The second kappa shape index (κ2) is 14.8. The molecule has 0 spiro atoms. The number of amides is 1. The molecule has 48 heavy (non-hydrogen) atoms. The molecule has 1 N–H and O–H groups in total. The van der Waals surface area contributed by atoms with Crippen molar-refractivity contribution in [1.29, 1.82) is 0 Å². The summed E-state index contributed by atoms with van der Waals surface area (Å²) in [5.41, 5.74) is 0.776. The number of esters is 1. The maximum Gasteiger partial charge on any atom is 0.387 e. The van der Waals surface area contributed by atoms with Crippen LogP contribution in [0.25, 0.3) is 0 Å². The van der Waals surface area contributed by atoms with Gasteiger partial charge >= 0.3 is 12.6 Å². The van der Waals surface area contributed by atoms with Gasteiger partial charge in [0.15, 0.2) is 11.5 Å². The second-order valence-corrected chi connectivity index (χ2v) is 14.5. The minimum Gasteiger partial charge on any atom is -0.489 e. The average molecular weight is 730 g/mol. The number of rotatable bonds is 13. The van der Waals surface area contributed by atoms with Crippen LogP contribution in [0.1, 0.15) is 53.3 Å². The molecule has 2 fully saturated rings. The van der Waals surface area contributed by atoms with E-state index in [2.05, 4.69) is 4.74 Å². The van der Waals surface area contributed by atoms with E-state index in [1.165, 1.54) is 59.8 Å². The minimum atomic E-state index is -4.24.